The third-order valence-corrected chi connectivity index (χ3v) is 2.83. The number of hydrogen-bond donors (Lipinski definition) is 0. The minimum atomic E-state index is -1.34. The summed E-state index contributed by atoms with van der Waals surface area (Å²) >= 11 is 0. The molecule has 0 heterocycles. The number of rotatable bonds is 6. The number of nitro groups is 1. The van der Waals surface area contributed by atoms with Crippen molar-refractivity contribution in [2.45, 2.75) is 45.3 Å². The highest BCUT2D eigenvalue weighted by Gasteiger charge is 2.34. The van der Waals surface area contributed by atoms with Crippen LogP contribution in [-0.4, -0.2) is 22.5 Å². The van der Waals surface area contributed by atoms with Gasteiger partial charge in [0, 0.05) is 17.8 Å². The molecule has 0 spiro atoms. The Morgan fingerprint density at radius 3 is 2.40 bits per heavy atom. The zero-order valence-electron chi connectivity index (χ0n) is 11.8. The molecule has 5 nitrogen and oxygen atoms in total. The highest BCUT2D eigenvalue weighted by atomic mass is 19.1. The van der Waals surface area contributed by atoms with E-state index in [1.54, 1.807) is 32.9 Å². The smallest absolute Gasteiger partial charge is 0.382 e. The van der Waals surface area contributed by atoms with E-state index in [2.05, 4.69) is 0 Å². The lowest BCUT2D eigenvalue weighted by Gasteiger charge is -2.25. The molecule has 1 rings (SSSR count). The molecule has 0 aliphatic heterocycles. The van der Waals surface area contributed by atoms with Gasteiger partial charge in [-0.3, -0.25) is 10.1 Å². The molecule has 0 fully saturated rings. The van der Waals surface area contributed by atoms with Gasteiger partial charge in [-0.25, -0.2) is 9.18 Å². The van der Waals surface area contributed by atoms with Crippen molar-refractivity contribution in [3.05, 3.63) is 45.8 Å². The summed E-state index contributed by atoms with van der Waals surface area (Å²) in [5.41, 5.74) is -0.100. The van der Waals surface area contributed by atoms with Crippen molar-refractivity contribution < 1.29 is 18.8 Å². The minimum Gasteiger partial charge on any atom is -0.454 e. The number of halogens is 1. The van der Waals surface area contributed by atoms with Gasteiger partial charge in [-0.1, -0.05) is 19.1 Å². The maximum absolute atomic E-state index is 12.8. The molecule has 1 unspecified atom stereocenters. The van der Waals surface area contributed by atoms with Crippen molar-refractivity contribution in [2.24, 2.45) is 0 Å². The Labute approximate surface area is 116 Å². The van der Waals surface area contributed by atoms with Gasteiger partial charge in [0.25, 0.3) is 0 Å². The second kappa shape index (κ2) is 6.45. The van der Waals surface area contributed by atoms with Gasteiger partial charge in [-0.2, -0.15) is 0 Å². The van der Waals surface area contributed by atoms with Gasteiger partial charge in [0.2, 0.25) is 0 Å². The van der Waals surface area contributed by atoms with Crippen molar-refractivity contribution in [3.8, 4) is 0 Å². The number of ether oxygens (including phenoxy) is 1. The average Bonchev–Trinajstić information content (AvgIpc) is 2.31. The summed E-state index contributed by atoms with van der Waals surface area (Å²) in [6.45, 7) is 4.89. The molecule has 0 aliphatic carbocycles. The number of carbonyl (C=O) groups is 1. The fraction of sp³-hybridized carbons (Fsp3) is 0.500. The molecule has 0 amide bonds. The van der Waals surface area contributed by atoms with E-state index in [-0.39, 0.29) is 12.2 Å². The minimum absolute atomic E-state index is 0.0818. The number of benzene rings is 1. The van der Waals surface area contributed by atoms with Crippen LogP contribution in [0.15, 0.2) is 24.3 Å². The van der Waals surface area contributed by atoms with E-state index in [1.165, 1.54) is 12.1 Å². The number of carbonyl (C=O) groups excluding carboxylic acids is 1. The first-order chi connectivity index (χ1) is 9.25. The topological polar surface area (TPSA) is 69.4 Å². The lowest BCUT2D eigenvalue weighted by molar-refractivity contribution is -0.511. The molecule has 0 saturated heterocycles. The van der Waals surface area contributed by atoms with Gasteiger partial charge in [-0.15, -0.1) is 0 Å². The molecule has 0 aliphatic rings. The molecule has 110 valence electrons. The van der Waals surface area contributed by atoms with Crippen LogP contribution < -0.4 is 0 Å². The third kappa shape index (κ3) is 4.60. The van der Waals surface area contributed by atoms with Crippen LogP contribution in [-0.2, 0) is 16.0 Å². The van der Waals surface area contributed by atoms with Gasteiger partial charge in [0.1, 0.15) is 11.4 Å². The third-order valence-electron chi connectivity index (χ3n) is 2.83. The number of esters is 1. The van der Waals surface area contributed by atoms with Crippen LogP contribution in [0.1, 0.15) is 32.8 Å². The van der Waals surface area contributed by atoms with Crippen molar-refractivity contribution in [1.29, 1.82) is 0 Å². The Balaban J connectivity index is 2.71. The Kier molecular flexibility index (Phi) is 5.19. The summed E-state index contributed by atoms with van der Waals surface area (Å²) in [5, 5.41) is 10.7. The predicted octanol–water partition coefficient (Wildman–Crippen LogP) is 2.75. The number of hydrogen-bond acceptors (Lipinski definition) is 4. The fourth-order valence-corrected chi connectivity index (χ4v) is 1.87. The first-order valence-electron chi connectivity index (χ1n) is 6.36. The summed E-state index contributed by atoms with van der Waals surface area (Å²) in [6.07, 6.45) is 0.436. The van der Waals surface area contributed by atoms with Gasteiger partial charge < -0.3 is 4.74 Å². The Bertz CT molecular complexity index is 484. The molecule has 1 atom stereocenters. The van der Waals surface area contributed by atoms with E-state index in [0.29, 0.717) is 6.42 Å². The Morgan fingerprint density at radius 2 is 1.95 bits per heavy atom. The SMILES string of the molecule is CCC(C(=O)OC(C)(C)Cc1ccc(F)cc1)[N+](=O)[O-]. The monoisotopic (exact) mass is 283 g/mol. The van der Waals surface area contributed by atoms with Crippen LogP contribution in [0, 0.1) is 15.9 Å². The molecule has 0 bridgehead atoms. The second-order valence-electron chi connectivity index (χ2n) is 5.19. The van der Waals surface area contributed by atoms with Crippen LogP contribution in [0.4, 0.5) is 4.39 Å². The Morgan fingerprint density at radius 1 is 1.40 bits per heavy atom. The van der Waals surface area contributed by atoms with Gasteiger partial charge in [0.15, 0.2) is 0 Å². The summed E-state index contributed by atoms with van der Waals surface area (Å²) in [4.78, 5) is 21.8. The van der Waals surface area contributed by atoms with Crippen LogP contribution in [0.3, 0.4) is 0 Å². The summed E-state index contributed by atoms with van der Waals surface area (Å²) < 4.78 is 18.0. The predicted molar refractivity (Wildman–Crippen MR) is 71.3 cm³/mol. The standard InChI is InChI=1S/C14H18FNO4/c1-4-12(16(18)19)13(17)20-14(2,3)9-10-5-7-11(15)8-6-10/h5-8,12H,4,9H2,1-3H3. The quantitative estimate of drug-likeness (QED) is 0.457. The second-order valence-corrected chi connectivity index (χ2v) is 5.19. The first-order valence-corrected chi connectivity index (χ1v) is 6.36. The van der Waals surface area contributed by atoms with E-state index < -0.39 is 22.5 Å². The maximum atomic E-state index is 12.8. The lowest BCUT2D eigenvalue weighted by Crippen LogP contribution is -2.38. The van der Waals surface area contributed by atoms with Crippen molar-refractivity contribution in [1.82, 2.24) is 0 Å². The molecule has 0 radical (unpaired) electrons. The van der Waals surface area contributed by atoms with Crippen molar-refractivity contribution in [3.63, 3.8) is 0 Å². The summed E-state index contributed by atoms with van der Waals surface area (Å²) in [5.74, 6) is -1.19. The van der Waals surface area contributed by atoms with Gasteiger partial charge in [-0.05, 0) is 31.5 Å². The molecule has 0 saturated carbocycles. The first kappa shape index (κ1) is 16.1. The van der Waals surface area contributed by atoms with E-state index in [0.717, 1.165) is 5.56 Å². The molecule has 0 N–H and O–H groups in total. The maximum Gasteiger partial charge on any atom is 0.382 e. The van der Waals surface area contributed by atoms with E-state index in [4.69, 9.17) is 4.74 Å². The molecule has 0 aromatic heterocycles. The molecule has 6 heteroatoms. The summed E-state index contributed by atoms with van der Waals surface area (Å²) in [6, 6.07) is 4.48. The number of nitrogens with zero attached hydrogens (tertiary/aromatic N) is 1. The van der Waals surface area contributed by atoms with E-state index in [9.17, 15) is 19.3 Å². The molecular formula is C14H18FNO4. The normalized spacial score (nSPS) is 12.8. The molecule has 1 aromatic rings. The molecule has 20 heavy (non-hydrogen) atoms. The van der Waals surface area contributed by atoms with Gasteiger partial charge in [0.05, 0.1) is 0 Å². The van der Waals surface area contributed by atoms with Crippen LogP contribution >= 0.6 is 0 Å². The highest BCUT2D eigenvalue weighted by Crippen LogP contribution is 2.19. The molecule has 1 aromatic carbocycles. The van der Waals surface area contributed by atoms with Gasteiger partial charge >= 0.3 is 12.0 Å². The fourth-order valence-electron chi connectivity index (χ4n) is 1.87. The molecular weight excluding hydrogens is 265 g/mol. The van der Waals surface area contributed by atoms with Crippen LogP contribution in [0.2, 0.25) is 0 Å². The van der Waals surface area contributed by atoms with E-state index >= 15 is 0 Å². The largest absolute Gasteiger partial charge is 0.454 e. The zero-order valence-corrected chi connectivity index (χ0v) is 11.8. The average molecular weight is 283 g/mol. The van der Waals surface area contributed by atoms with Crippen molar-refractivity contribution >= 4 is 5.97 Å². The Hall–Kier alpha value is -1.98. The van der Waals surface area contributed by atoms with Crippen LogP contribution in [0.5, 0.6) is 0 Å². The zero-order chi connectivity index (χ0) is 15.3. The lowest BCUT2D eigenvalue weighted by atomic mass is 9.98. The van der Waals surface area contributed by atoms with E-state index in [1.807, 2.05) is 0 Å². The van der Waals surface area contributed by atoms with Crippen molar-refractivity contribution in [2.75, 3.05) is 0 Å². The highest BCUT2D eigenvalue weighted by molar-refractivity contribution is 5.74. The summed E-state index contributed by atoms with van der Waals surface area (Å²) in [7, 11) is 0. The van der Waals surface area contributed by atoms with Crippen LogP contribution in [0.25, 0.3) is 0 Å².